The summed E-state index contributed by atoms with van der Waals surface area (Å²) in [6.45, 7) is 0.172. The van der Waals surface area contributed by atoms with Gasteiger partial charge < -0.3 is 4.74 Å². The van der Waals surface area contributed by atoms with E-state index in [0.717, 1.165) is 15.0 Å². The average molecular weight is 482 g/mol. The summed E-state index contributed by atoms with van der Waals surface area (Å²) >= 11 is 7.52. The second-order valence-electron chi connectivity index (χ2n) is 6.98. The molecule has 0 bridgehead atoms. The van der Waals surface area contributed by atoms with E-state index in [1.807, 2.05) is 30.3 Å². The Labute approximate surface area is 194 Å². The van der Waals surface area contributed by atoms with Crippen LogP contribution in [-0.4, -0.2) is 14.5 Å². The lowest BCUT2D eigenvalue weighted by Crippen LogP contribution is -2.26. The zero-order valence-corrected chi connectivity index (χ0v) is 19.0. The van der Waals surface area contributed by atoms with E-state index in [0.29, 0.717) is 11.4 Å². The molecular weight excluding hydrogens is 466 g/mol. The van der Waals surface area contributed by atoms with Gasteiger partial charge in [-0.3, -0.25) is 0 Å². The minimum Gasteiger partial charge on any atom is -0.483 e. The van der Waals surface area contributed by atoms with Crippen LogP contribution in [0.5, 0.6) is 5.75 Å². The van der Waals surface area contributed by atoms with Crippen LogP contribution in [0.15, 0.2) is 65.6 Å². The van der Waals surface area contributed by atoms with Gasteiger partial charge in [-0.25, -0.2) is 13.1 Å². The molecule has 2 aromatic carbocycles. The van der Waals surface area contributed by atoms with Crippen LogP contribution in [0.1, 0.15) is 22.4 Å². The molecule has 1 N–H and O–H groups in total. The molecule has 6 nitrogen and oxygen atoms in total. The molecule has 0 fully saturated rings. The van der Waals surface area contributed by atoms with Crippen molar-refractivity contribution in [1.82, 2.24) is 4.72 Å². The highest BCUT2D eigenvalue weighted by Crippen LogP contribution is 2.29. The van der Waals surface area contributed by atoms with E-state index < -0.39 is 16.1 Å². The van der Waals surface area contributed by atoms with Crippen LogP contribution in [0.2, 0.25) is 5.02 Å². The molecule has 1 aliphatic carbocycles. The number of para-hydroxylation sites is 1. The van der Waals surface area contributed by atoms with E-state index in [4.69, 9.17) is 16.3 Å². The molecule has 1 unspecified atom stereocenters. The van der Waals surface area contributed by atoms with E-state index in [-0.39, 0.29) is 28.3 Å². The number of benzene rings is 2. The third-order valence-corrected chi connectivity index (χ3v) is 7.63. The van der Waals surface area contributed by atoms with Crippen molar-refractivity contribution < 1.29 is 13.2 Å². The van der Waals surface area contributed by atoms with Crippen molar-refractivity contribution in [3.63, 3.8) is 0 Å². The first-order valence-electron chi connectivity index (χ1n) is 9.55. The standard InChI is InChI=1S/C23H16ClN3O3S2/c24-18-4-9-22-17(10-18)11-20(31-22)14-27-32(28,29)21-7-5-19(6-8-21)30-23-15(12-25)2-1-3-16(23)13-26/h1-5,7-11,19,27H,6,14H2. The van der Waals surface area contributed by atoms with E-state index in [1.165, 1.54) is 17.4 Å². The summed E-state index contributed by atoms with van der Waals surface area (Å²) in [4.78, 5) is 1.03. The van der Waals surface area contributed by atoms with Gasteiger partial charge in [0, 0.05) is 27.6 Å². The molecule has 32 heavy (non-hydrogen) atoms. The van der Waals surface area contributed by atoms with Gasteiger partial charge in [0.25, 0.3) is 0 Å². The maximum absolute atomic E-state index is 12.7. The Morgan fingerprint density at radius 3 is 2.56 bits per heavy atom. The second kappa shape index (κ2) is 9.15. The van der Waals surface area contributed by atoms with Gasteiger partial charge in [-0.2, -0.15) is 10.5 Å². The number of hydrogen-bond donors (Lipinski definition) is 1. The number of nitrogens with zero attached hydrogens (tertiary/aromatic N) is 2. The number of halogens is 1. The van der Waals surface area contributed by atoms with Crippen LogP contribution in [0, 0.1) is 22.7 Å². The summed E-state index contributed by atoms with van der Waals surface area (Å²) in [5, 5.41) is 20.1. The van der Waals surface area contributed by atoms with Gasteiger partial charge in [-0.15, -0.1) is 11.3 Å². The first-order valence-corrected chi connectivity index (χ1v) is 12.2. The highest BCUT2D eigenvalue weighted by Gasteiger charge is 2.21. The van der Waals surface area contributed by atoms with Gasteiger partial charge in [-0.05, 0) is 53.9 Å². The van der Waals surface area contributed by atoms with E-state index >= 15 is 0 Å². The molecule has 0 saturated carbocycles. The normalized spacial score (nSPS) is 15.7. The van der Waals surface area contributed by atoms with Crippen LogP contribution >= 0.6 is 22.9 Å². The molecule has 0 amide bonds. The Morgan fingerprint density at radius 2 is 1.91 bits per heavy atom. The molecule has 1 atom stereocenters. The maximum Gasteiger partial charge on any atom is 0.240 e. The monoisotopic (exact) mass is 481 g/mol. The molecule has 9 heteroatoms. The molecule has 1 heterocycles. The van der Waals surface area contributed by atoms with Crippen molar-refractivity contribution in [3.05, 3.63) is 86.6 Å². The topological polar surface area (TPSA) is 103 Å². The van der Waals surface area contributed by atoms with E-state index in [2.05, 4.69) is 4.72 Å². The fourth-order valence-corrected chi connectivity index (χ4v) is 5.61. The predicted octanol–water partition coefficient (Wildman–Crippen LogP) is 5.01. The van der Waals surface area contributed by atoms with Gasteiger partial charge in [-0.1, -0.05) is 23.7 Å². The fourth-order valence-electron chi connectivity index (χ4n) is 3.26. The summed E-state index contributed by atoms with van der Waals surface area (Å²) in [7, 11) is -3.70. The number of hydrogen-bond acceptors (Lipinski definition) is 6. The highest BCUT2D eigenvalue weighted by molar-refractivity contribution is 7.93. The number of nitriles is 2. The Bertz CT molecular complexity index is 1410. The molecule has 1 aromatic heterocycles. The Hall–Kier alpha value is -3.14. The number of sulfonamides is 1. The van der Waals surface area contributed by atoms with Gasteiger partial charge in [0.1, 0.15) is 18.2 Å². The smallest absolute Gasteiger partial charge is 0.240 e. The Balaban J connectivity index is 1.43. The fraction of sp³-hybridized carbons (Fsp3) is 0.130. The summed E-state index contributed by atoms with van der Waals surface area (Å²) in [5.41, 5.74) is 0.511. The summed E-state index contributed by atoms with van der Waals surface area (Å²) < 4.78 is 34.9. The first kappa shape index (κ1) is 22.1. The van der Waals surface area contributed by atoms with Crippen molar-refractivity contribution in [3.8, 4) is 17.9 Å². The highest BCUT2D eigenvalue weighted by atomic mass is 35.5. The van der Waals surface area contributed by atoms with Crippen LogP contribution in [0.4, 0.5) is 0 Å². The number of nitrogens with one attached hydrogen (secondary N) is 1. The predicted molar refractivity (Wildman–Crippen MR) is 125 cm³/mol. The molecule has 4 rings (SSSR count). The molecule has 0 saturated heterocycles. The lowest BCUT2D eigenvalue weighted by Gasteiger charge is -2.19. The van der Waals surface area contributed by atoms with Crippen LogP contribution in [-0.2, 0) is 16.6 Å². The maximum atomic E-state index is 12.7. The van der Waals surface area contributed by atoms with Crippen molar-refractivity contribution in [1.29, 1.82) is 10.5 Å². The van der Waals surface area contributed by atoms with Crippen molar-refractivity contribution in [2.24, 2.45) is 0 Å². The van der Waals surface area contributed by atoms with Crippen LogP contribution < -0.4 is 9.46 Å². The minimum atomic E-state index is -3.70. The quantitative estimate of drug-likeness (QED) is 0.533. The summed E-state index contributed by atoms with van der Waals surface area (Å²) in [5.74, 6) is 0.204. The van der Waals surface area contributed by atoms with Crippen LogP contribution in [0.3, 0.4) is 0 Å². The molecule has 1 aliphatic rings. The van der Waals surface area contributed by atoms with Gasteiger partial charge in [0.15, 0.2) is 5.75 Å². The van der Waals surface area contributed by atoms with Gasteiger partial charge >= 0.3 is 0 Å². The third-order valence-electron chi connectivity index (χ3n) is 4.83. The van der Waals surface area contributed by atoms with Crippen LogP contribution in [0.25, 0.3) is 10.1 Å². The Morgan fingerprint density at radius 1 is 1.16 bits per heavy atom. The van der Waals surface area contributed by atoms with E-state index in [9.17, 15) is 18.9 Å². The van der Waals surface area contributed by atoms with Gasteiger partial charge in [0.05, 0.1) is 16.0 Å². The molecule has 0 spiro atoms. The number of thiophene rings is 1. The van der Waals surface area contributed by atoms with Crippen molar-refractivity contribution in [2.45, 2.75) is 19.1 Å². The largest absolute Gasteiger partial charge is 0.483 e. The number of ether oxygens (including phenoxy) is 1. The van der Waals surface area contributed by atoms with Crippen molar-refractivity contribution >= 4 is 43.0 Å². The minimum absolute atomic E-state index is 0.149. The van der Waals surface area contributed by atoms with Gasteiger partial charge in [0.2, 0.25) is 10.0 Å². The summed E-state index contributed by atoms with van der Waals surface area (Å²) in [6, 6.07) is 16.3. The first-order chi connectivity index (χ1) is 15.4. The zero-order chi connectivity index (χ0) is 22.7. The molecule has 0 aliphatic heterocycles. The molecule has 0 radical (unpaired) electrons. The Kier molecular flexibility index (Phi) is 6.31. The molecular formula is C23H16ClN3O3S2. The van der Waals surface area contributed by atoms with E-state index in [1.54, 1.807) is 36.4 Å². The summed E-state index contributed by atoms with van der Waals surface area (Å²) in [6.07, 6.45) is 4.47. The average Bonchev–Trinajstić information content (AvgIpc) is 3.20. The SMILES string of the molecule is N#Cc1cccc(C#N)c1OC1C=CC(S(=O)(=O)NCc2cc3cc(Cl)ccc3s2)=CC1. The molecule has 3 aromatic rings. The number of rotatable bonds is 6. The number of allylic oxidation sites excluding steroid dienone is 1. The molecule has 160 valence electrons. The lowest BCUT2D eigenvalue weighted by atomic mass is 10.1. The lowest BCUT2D eigenvalue weighted by molar-refractivity contribution is 0.250. The zero-order valence-electron chi connectivity index (χ0n) is 16.6. The second-order valence-corrected chi connectivity index (χ2v) is 10.4. The number of fused-ring (bicyclic) bond motifs is 1. The van der Waals surface area contributed by atoms with Crippen molar-refractivity contribution in [2.75, 3.05) is 0 Å². The third kappa shape index (κ3) is 4.69.